The van der Waals surface area contributed by atoms with Gasteiger partial charge in [-0.05, 0) is 12.1 Å². The summed E-state index contributed by atoms with van der Waals surface area (Å²) in [6.07, 6.45) is 3.59. The third kappa shape index (κ3) is 2.99. The third-order valence-electron chi connectivity index (χ3n) is 2.48. The van der Waals surface area contributed by atoms with Crippen molar-refractivity contribution in [1.29, 1.82) is 0 Å². The van der Waals surface area contributed by atoms with E-state index in [1.807, 2.05) is 28.8 Å². The van der Waals surface area contributed by atoms with Crippen molar-refractivity contribution in [2.75, 3.05) is 7.11 Å². The van der Waals surface area contributed by atoms with Crippen LogP contribution in [0.3, 0.4) is 0 Å². The van der Waals surface area contributed by atoms with E-state index in [0.717, 1.165) is 11.4 Å². The summed E-state index contributed by atoms with van der Waals surface area (Å²) >= 11 is 0. The summed E-state index contributed by atoms with van der Waals surface area (Å²) in [6.45, 7) is 0. The van der Waals surface area contributed by atoms with Crippen molar-refractivity contribution in [3.63, 3.8) is 0 Å². The lowest BCUT2D eigenvalue weighted by molar-refractivity contribution is -0.595. The summed E-state index contributed by atoms with van der Waals surface area (Å²) in [7, 11) is 1.63. The van der Waals surface area contributed by atoms with E-state index in [9.17, 15) is 4.79 Å². The number of hydrogen-bond acceptors (Lipinski definition) is 2. The fourth-order valence-corrected chi connectivity index (χ4v) is 1.52. The number of ether oxygens (including phenoxy) is 1. The molecule has 0 fully saturated rings. The highest BCUT2D eigenvalue weighted by molar-refractivity contribution is 5.92. The van der Waals surface area contributed by atoms with Gasteiger partial charge in [-0.15, -0.1) is 0 Å². The lowest BCUT2D eigenvalue weighted by atomic mass is 10.2. The van der Waals surface area contributed by atoms with Crippen LogP contribution in [0.1, 0.15) is 10.4 Å². The van der Waals surface area contributed by atoms with E-state index in [-0.39, 0.29) is 12.4 Å². The molecule has 5 heteroatoms. The minimum absolute atomic E-state index is 0. The summed E-state index contributed by atoms with van der Waals surface area (Å²) < 4.78 is 6.98. The number of halogens is 1. The second-order valence-electron chi connectivity index (χ2n) is 3.56. The van der Waals surface area contributed by atoms with Crippen molar-refractivity contribution in [2.45, 2.75) is 0 Å². The van der Waals surface area contributed by atoms with Crippen LogP contribution in [0.25, 0.3) is 5.69 Å². The summed E-state index contributed by atoms with van der Waals surface area (Å²) in [4.78, 5) is 10.9. The van der Waals surface area contributed by atoms with Crippen LogP contribution in [0, 0.1) is 0 Å². The minimum Gasteiger partial charge on any atom is -1.00 e. The Hall–Kier alpha value is -2.07. The highest BCUT2D eigenvalue weighted by Crippen LogP contribution is 2.10. The molecule has 0 saturated carbocycles. The number of hydrogen-bond donors (Lipinski definition) is 1. The van der Waals surface area contributed by atoms with E-state index >= 15 is 0 Å². The Morgan fingerprint density at radius 1 is 1.11 bits per heavy atom. The van der Waals surface area contributed by atoms with Gasteiger partial charge in [0.25, 0.3) is 0 Å². The predicted octanol–water partition coefficient (Wildman–Crippen LogP) is -1.93. The summed E-state index contributed by atoms with van der Waals surface area (Å²) in [5.41, 5.74) is 6.66. The lowest BCUT2D eigenvalue weighted by Gasteiger charge is -1.99. The largest absolute Gasteiger partial charge is 1.00 e. The van der Waals surface area contributed by atoms with E-state index in [4.69, 9.17) is 10.5 Å². The first-order valence-electron chi connectivity index (χ1n) is 5.16. The first kappa shape index (κ1) is 14.0. The van der Waals surface area contributed by atoms with E-state index in [1.54, 1.807) is 31.6 Å². The summed E-state index contributed by atoms with van der Waals surface area (Å²) in [5.74, 6) is 0.384. The molecule has 0 aliphatic carbocycles. The van der Waals surface area contributed by atoms with Gasteiger partial charge in [0.2, 0.25) is 11.6 Å². The zero-order chi connectivity index (χ0) is 12.3. The molecule has 0 radical (unpaired) electrons. The van der Waals surface area contributed by atoms with Crippen LogP contribution >= 0.6 is 0 Å². The third-order valence-corrected chi connectivity index (χ3v) is 2.48. The molecule has 18 heavy (non-hydrogen) atoms. The molecule has 1 amide bonds. The highest BCUT2D eigenvalue weighted by Gasteiger charge is 2.07. The molecule has 1 heterocycles. The monoisotopic (exact) mass is 264 g/mol. The molecule has 0 bridgehead atoms. The first-order valence-corrected chi connectivity index (χ1v) is 5.16. The molecule has 0 spiro atoms. The van der Waals surface area contributed by atoms with Gasteiger partial charge in [-0.25, -0.2) is 0 Å². The SMILES string of the molecule is COc1ccc(-[n+]2ccc(C(N)=O)cc2)cc1.[Cl-]. The maximum absolute atomic E-state index is 10.9. The molecule has 0 aliphatic heterocycles. The number of aromatic nitrogens is 1. The normalized spacial score (nSPS) is 9.39. The Bertz CT molecular complexity index is 524. The first-order chi connectivity index (χ1) is 8.20. The molecule has 2 aromatic rings. The van der Waals surface area contributed by atoms with E-state index < -0.39 is 5.91 Å². The molecule has 2 rings (SSSR count). The number of nitrogens with two attached hydrogens (primary N) is 1. The Kier molecular flexibility index (Phi) is 4.68. The number of carbonyl (C=O) groups is 1. The number of pyridine rings is 1. The van der Waals surface area contributed by atoms with Crippen LogP contribution in [0.4, 0.5) is 0 Å². The van der Waals surface area contributed by atoms with Crippen LogP contribution in [-0.2, 0) is 0 Å². The van der Waals surface area contributed by atoms with E-state index in [0.29, 0.717) is 5.56 Å². The quantitative estimate of drug-likeness (QED) is 0.657. The molecular weight excluding hydrogens is 252 g/mol. The molecule has 0 saturated heterocycles. The Morgan fingerprint density at radius 2 is 1.67 bits per heavy atom. The fraction of sp³-hybridized carbons (Fsp3) is 0.0769. The van der Waals surface area contributed by atoms with Gasteiger partial charge in [0, 0.05) is 24.3 Å². The average molecular weight is 265 g/mol. The number of benzene rings is 1. The molecule has 4 nitrogen and oxygen atoms in total. The van der Waals surface area contributed by atoms with Crippen LogP contribution in [0.5, 0.6) is 5.75 Å². The van der Waals surface area contributed by atoms with Crippen molar-refractivity contribution in [3.8, 4) is 11.4 Å². The van der Waals surface area contributed by atoms with E-state index in [2.05, 4.69) is 0 Å². The fourth-order valence-electron chi connectivity index (χ4n) is 1.52. The maximum atomic E-state index is 10.9. The average Bonchev–Trinajstić information content (AvgIpc) is 2.39. The zero-order valence-corrected chi connectivity index (χ0v) is 10.6. The van der Waals surface area contributed by atoms with Crippen LogP contribution in [0.15, 0.2) is 48.8 Å². The Balaban J connectivity index is 0.00000162. The molecule has 0 atom stereocenters. The summed E-state index contributed by atoms with van der Waals surface area (Å²) in [6, 6.07) is 11.0. The van der Waals surface area contributed by atoms with Gasteiger partial charge < -0.3 is 22.9 Å². The van der Waals surface area contributed by atoms with Crippen LogP contribution in [0.2, 0.25) is 0 Å². The van der Waals surface area contributed by atoms with Gasteiger partial charge in [0.05, 0.1) is 12.7 Å². The number of primary amides is 1. The molecule has 1 aromatic heterocycles. The summed E-state index contributed by atoms with van der Waals surface area (Å²) in [5, 5.41) is 0. The molecular formula is C13H13ClN2O2. The van der Waals surface area contributed by atoms with Crippen LogP contribution < -0.4 is 27.4 Å². The topological polar surface area (TPSA) is 56.2 Å². The maximum Gasteiger partial charge on any atom is 0.249 e. The highest BCUT2D eigenvalue weighted by atomic mass is 35.5. The number of rotatable bonds is 3. The molecule has 1 aromatic carbocycles. The number of carbonyl (C=O) groups excluding carboxylic acids is 1. The number of amides is 1. The van der Waals surface area contributed by atoms with Gasteiger partial charge in [-0.3, -0.25) is 4.79 Å². The second kappa shape index (κ2) is 6.02. The standard InChI is InChI=1S/C13H12N2O2.ClH/c1-17-12-4-2-11(3-5-12)15-8-6-10(7-9-15)13(14)16;/h2-9H,1H3,(H-,14,16);1H. The Labute approximate surface area is 111 Å². The van der Waals surface area contributed by atoms with Gasteiger partial charge in [-0.1, -0.05) is 0 Å². The predicted molar refractivity (Wildman–Crippen MR) is 63.0 cm³/mol. The van der Waals surface area contributed by atoms with Crippen molar-refractivity contribution >= 4 is 5.91 Å². The minimum atomic E-state index is -0.424. The van der Waals surface area contributed by atoms with Crippen molar-refractivity contribution in [2.24, 2.45) is 5.73 Å². The second-order valence-corrected chi connectivity index (χ2v) is 3.56. The van der Waals surface area contributed by atoms with Crippen LogP contribution in [-0.4, -0.2) is 13.0 Å². The molecule has 0 unspecified atom stereocenters. The molecule has 2 N–H and O–H groups in total. The smallest absolute Gasteiger partial charge is 0.249 e. The number of methoxy groups -OCH3 is 1. The van der Waals surface area contributed by atoms with Gasteiger partial charge in [0.1, 0.15) is 5.75 Å². The van der Waals surface area contributed by atoms with Crippen molar-refractivity contribution in [3.05, 3.63) is 54.4 Å². The Morgan fingerprint density at radius 3 is 2.11 bits per heavy atom. The van der Waals surface area contributed by atoms with Crippen molar-refractivity contribution < 1.29 is 26.5 Å². The van der Waals surface area contributed by atoms with E-state index in [1.165, 1.54) is 0 Å². The zero-order valence-electron chi connectivity index (χ0n) is 9.84. The lowest BCUT2D eigenvalue weighted by Crippen LogP contribution is -3.00. The van der Waals surface area contributed by atoms with Gasteiger partial charge in [-0.2, -0.15) is 4.57 Å². The molecule has 0 aliphatic rings. The molecule has 94 valence electrons. The van der Waals surface area contributed by atoms with Gasteiger partial charge in [0.15, 0.2) is 12.4 Å². The van der Waals surface area contributed by atoms with Gasteiger partial charge >= 0.3 is 0 Å². The van der Waals surface area contributed by atoms with Crippen molar-refractivity contribution in [1.82, 2.24) is 0 Å². The number of nitrogens with zero attached hydrogens (tertiary/aromatic N) is 1.